The van der Waals surface area contributed by atoms with Gasteiger partial charge in [-0.15, -0.1) is 0 Å². The SMILES string of the molecule is CC1(C)CCN(C(=O)CN2C(=O)c3ccccc3C2=O)CC1. The zero-order chi connectivity index (χ0) is 15.9. The summed E-state index contributed by atoms with van der Waals surface area (Å²) < 4.78 is 0. The highest BCUT2D eigenvalue weighted by molar-refractivity contribution is 6.22. The van der Waals surface area contributed by atoms with Crippen molar-refractivity contribution in [1.29, 1.82) is 0 Å². The minimum absolute atomic E-state index is 0.148. The largest absolute Gasteiger partial charge is 0.341 e. The molecular weight excluding hydrogens is 280 g/mol. The quantitative estimate of drug-likeness (QED) is 0.784. The van der Waals surface area contributed by atoms with Crippen molar-refractivity contribution >= 4 is 17.7 Å². The molecule has 0 unspecified atom stereocenters. The zero-order valence-corrected chi connectivity index (χ0v) is 13.0. The Kier molecular flexibility index (Phi) is 3.51. The third kappa shape index (κ3) is 2.51. The lowest BCUT2D eigenvalue weighted by Crippen LogP contribution is -2.47. The van der Waals surface area contributed by atoms with Crippen LogP contribution in [0.25, 0.3) is 0 Å². The van der Waals surface area contributed by atoms with Gasteiger partial charge < -0.3 is 4.90 Å². The van der Waals surface area contributed by atoms with Gasteiger partial charge in [-0.1, -0.05) is 26.0 Å². The van der Waals surface area contributed by atoms with Gasteiger partial charge in [0, 0.05) is 13.1 Å². The lowest BCUT2D eigenvalue weighted by atomic mass is 9.83. The number of benzene rings is 1. The number of amides is 3. The van der Waals surface area contributed by atoms with Crippen molar-refractivity contribution in [3.05, 3.63) is 35.4 Å². The third-order valence-electron chi connectivity index (χ3n) is 4.64. The van der Waals surface area contributed by atoms with Crippen LogP contribution >= 0.6 is 0 Å². The molecule has 0 saturated carbocycles. The predicted octanol–water partition coefficient (Wildman–Crippen LogP) is 1.93. The molecule has 0 aromatic heterocycles. The monoisotopic (exact) mass is 300 g/mol. The Morgan fingerprint density at radius 1 is 1.05 bits per heavy atom. The molecule has 1 aromatic carbocycles. The van der Waals surface area contributed by atoms with Gasteiger partial charge in [0.1, 0.15) is 6.54 Å². The minimum atomic E-state index is -0.369. The predicted molar refractivity (Wildman–Crippen MR) is 81.4 cm³/mol. The first-order valence-electron chi connectivity index (χ1n) is 7.62. The number of likely N-dealkylation sites (tertiary alicyclic amines) is 1. The van der Waals surface area contributed by atoms with E-state index >= 15 is 0 Å². The van der Waals surface area contributed by atoms with Gasteiger partial charge in [0.2, 0.25) is 5.91 Å². The number of nitrogens with zero attached hydrogens (tertiary/aromatic N) is 2. The first kappa shape index (κ1) is 14.8. The molecule has 0 aliphatic carbocycles. The summed E-state index contributed by atoms with van der Waals surface area (Å²) >= 11 is 0. The maximum atomic E-state index is 12.4. The van der Waals surface area contributed by atoms with Crippen molar-refractivity contribution < 1.29 is 14.4 Å². The molecule has 0 atom stereocenters. The van der Waals surface area contributed by atoms with Crippen LogP contribution in [0.3, 0.4) is 0 Å². The number of hydrogen-bond acceptors (Lipinski definition) is 3. The highest BCUT2D eigenvalue weighted by atomic mass is 16.2. The average Bonchev–Trinajstić information content (AvgIpc) is 2.73. The van der Waals surface area contributed by atoms with E-state index in [0.717, 1.165) is 17.7 Å². The molecule has 2 heterocycles. The smallest absolute Gasteiger partial charge is 0.262 e. The second-order valence-electron chi connectivity index (χ2n) is 6.79. The van der Waals surface area contributed by atoms with Crippen LogP contribution < -0.4 is 0 Å². The number of rotatable bonds is 2. The lowest BCUT2D eigenvalue weighted by molar-refractivity contribution is -0.133. The van der Waals surface area contributed by atoms with Crippen LogP contribution in [-0.4, -0.2) is 47.2 Å². The normalized spacial score (nSPS) is 20.3. The van der Waals surface area contributed by atoms with Gasteiger partial charge in [-0.05, 0) is 30.4 Å². The van der Waals surface area contributed by atoms with Crippen LogP contribution in [0.5, 0.6) is 0 Å². The van der Waals surface area contributed by atoms with Crippen LogP contribution in [0.2, 0.25) is 0 Å². The molecule has 116 valence electrons. The third-order valence-corrected chi connectivity index (χ3v) is 4.64. The second kappa shape index (κ2) is 5.23. The number of imide groups is 1. The van der Waals surface area contributed by atoms with E-state index in [0.29, 0.717) is 24.2 Å². The van der Waals surface area contributed by atoms with Gasteiger partial charge in [-0.25, -0.2) is 0 Å². The second-order valence-corrected chi connectivity index (χ2v) is 6.79. The summed E-state index contributed by atoms with van der Waals surface area (Å²) in [4.78, 5) is 39.7. The summed E-state index contributed by atoms with van der Waals surface area (Å²) in [7, 11) is 0. The fourth-order valence-electron chi connectivity index (χ4n) is 2.98. The van der Waals surface area contributed by atoms with Gasteiger partial charge in [-0.3, -0.25) is 19.3 Å². The Bertz CT molecular complexity index is 606. The number of carbonyl (C=O) groups excluding carboxylic acids is 3. The summed E-state index contributed by atoms with van der Waals surface area (Å²) in [6.45, 7) is 5.61. The number of fused-ring (bicyclic) bond motifs is 1. The molecule has 22 heavy (non-hydrogen) atoms. The van der Waals surface area contributed by atoms with Crippen molar-refractivity contribution in [2.24, 2.45) is 5.41 Å². The minimum Gasteiger partial charge on any atom is -0.341 e. The molecule has 0 N–H and O–H groups in total. The fourth-order valence-corrected chi connectivity index (χ4v) is 2.98. The zero-order valence-electron chi connectivity index (χ0n) is 13.0. The van der Waals surface area contributed by atoms with E-state index in [4.69, 9.17) is 0 Å². The van der Waals surface area contributed by atoms with Gasteiger partial charge >= 0.3 is 0 Å². The van der Waals surface area contributed by atoms with E-state index in [1.807, 2.05) is 0 Å². The van der Waals surface area contributed by atoms with E-state index in [1.54, 1.807) is 29.2 Å². The van der Waals surface area contributed by atoms with Crippen molar-refractivity contribution in [3.63, 3.8) is 0 Å². The van der Waals surface area contributed by atoms with Gasteiger partial charge in [0.25, 0.3) is 11.8 Å². The first-order valence-corrected chi connectivity index (χ1v) is 7.62. The molecule has 1 saturated heterocycles. The van der Waals surface area contributed by atoms with Crippen molar-refractivity contribution in [1.82, 2.24) is 9.80 Å². The Morgan fingerprint density at radius 2 is 1.55 bits per heavy atom. The summed E-state index contributed by atoms with van der Waals surface area (Å²) in [6, 6.07) is 6.71. The Balaban J connectivity index is 1.69. The topological polar surface area (TPSA) is 57.7 Å². The Morgan fingerprint density at radius 3 is 2.05 bits per heavy atom. The first-order chi connectivity index (χ1) is 10.4. The molecule has 5 nitrogen and oxygen atoms in total. The molecule has 5 heteroatoms. The fraction of sp³-hybridized carbons (Fsp3) is 0.471. The molecule has 1 aromatic rings. The summed E-state index contributed by atoms with van der Waals surface area (Å²) in [5.74, 6) is -0.886. The van der Waals surface area contributed by atoms with Crippen molar-refractivity contribution in [2.45, 2.75) is 26.7 Å². The maximum Gasteiger partial charge on any atom is 0.262 e. The van der Waals surface area contributed by atoms with Crippen molar-refractivity contribution in [3.8, 4) is 0 Å². The number of piperidine rings is 1. The van der Waals surface area contributed by atoms with E-state index in [2.05, 4.69) is 13.8 Å². The maximum absolute atomic E-state index is 12.4. The van der Waals surface area contributed by atoms with Crippen LogP contribution in [0.1, 0.15) is 47.4 Å². The summed E-state index contributed by atoms with van der Waals surface area (Å²) in [5, 5.41) is 0. The number of hydrogen-bond donors (Lipinski definition) is 0. The van der Waals surface area contributed by atoms with E-state index in [1.165, 1.54) is 0 Å². The highest BCUT2D eigenvalue weighted by Gasteiger charge is 2.37. The van der Waals surface area contributed by atoms with Gasteiger partial charge in [0.05, 0.1) is 11.1 Å². The van der Waals surface area contributed by atoms with Crippen LogP contribution in [-0.2, 0) is 4.79 Å². The molecular formula is C17H20N2O3. The Labute approximate surface area is 129 Å². The molecule has 2 aliphatic rings. The molecule has 3 rings (SSSR count). The van der Waals surface area contributed by atoms with Crippen molar-refractivity contribution in [2.75, 3.05) is 19.6 Å². The lowest BCUT2D eigenvalue weighted by Gasteiger charge is -2.37. The molecule has 1 fully saturated rings. The highest BCUT2D eigenvalue weighted by Crippen LogP contribution is 2.30. The standard InChI is InChI=1S/C17H20N2O3/c1-17(2)7-9-18(10-8-17)14(20)11-19-15(21)12-5-3-4-6-13(12)16(19)22/h3-6H,7-11H2,1-2H3. The molecule has 2 aliphatic heterocycles. The Hall–Kier alpha value is -2.17. The number of carbonyl (C=O) groups is 3. The van der Waals surface area contributed by atoms with E-state index < -0.39 is 0 Å². The molecule has 0 bridgehead atoms. The summed E-state index contributed by atoms with van der Waals surface area (Å²) in [5.41, 5.74) is 1.03. The molecule has 3 amide bonds. The van der Waals surface area contributed by atoms with Crippen LogP contribution in [0.4, 0.5) is 0 Å². The van der Waals surface area contributed by atoms with E-state index in [-0.39, 0.29) is 29.7 Å². The molecule has 0 radical (unpaired) electrons. The molecule has 0 spiro atoms. The van der Waals surface area contributed by atoms with Gasteiger partial charge in [0.15, 0.2) is 0 Å². The summed E-state index contributed by atoms with van der Waals surface area (Å²) in [6.07, 6.45) is 1.89. The van der Waals surface area contributed by atoms with Gasteiger partial charge in [-0.2, -0.15) is 0 Å². The van der Waals surface area contributed by atoms with E-state index in [9.17, 15) is 14.4 Å². The van der Waals surface area contributed by atoms with Crippen LogP contribution in [0, 0.1) is 5.41 Å². The average molecular weight is 300 g/mol. The van der Waals surface area contributed by atoms with Crippen LogP contribution in [0.15, 0.2) is 24.3 Å².